The van der Waals surface area contributed by atoms with E-state index in [0.717, 1.165) is 12.1 Å². The summed E-state index contributed by atoms with van der Waals surface area (Å²) in [5.74, 6) is -0.194. The van der Waals surface area contributed by atoms with Crippen molar-refractivity contribution in [2.75, 3.05) is 0 Å². The second kappa shape index (κ2) is 7.40. The minimum absolute atomic E-state index is 0.0107. The smallest absolute Gasteiger partial charge is 0.359 e. The van der Waals surface area contributed by atoms with Crippen LogP contribution < -0.4 is 5.32 Å². The Bertz CT molecular complexity index is 986. The van der Waals surface area contributed by atoms with E-state index in [-0.39, 0.29) is 17.8 Å². The van der Waals surface area contributed by atoms with Crippen molar-refractivity contribution >= 4 is 17.5 Å². The Hall–Kier alpha value is -2.87. The molecular weight excluding hydrogens is 383 g/mol. The summed E-state index contributed by atoms with van der Waals surface area (Å²) in [5.41, 5.74) is 0.183. The molecule has 0 aliphatic rings. The molecule has 3 aromatic rings. The Morgan fingerprint density at radius 2 is 1.96 bits per heavy atom. The molecule has 0 unspecified atom stereocenters. The third-order valence-electron chi connectivity index (χ3n) is 3.75. The molecule has 0 bridgehead atoms. The standard InChI is InChI=1S/C18H13ClF3N3O2/c1-10-12(6-7-16(24-10)18(20,21)22)17(26)23-9-11-8-15(25-27-11)13-4-2-3-5-14(13)19/h2-8H,9H2,1H3,(H,23,26). The highest BCUT2D eigenvalue weighted by Crippen LogP contribution is 2.28. The number of carbonyl (C=O) groups is 1. The van der Waals surface area contributed by atoms with Crippen LogP contribution in [-0.2, 0) is 12.7 Å². The van der Waals surface area contributed by atoms with Crippen LogP contribution in [0.2, 0.25) is 5.02 Å². The van der Waals surface area contributed by atoms with Gasteiger partial charge in [0.15, 0.2) is 5.76 Å². The van der Waals surface area contributed by atoms with E-state index < -0.39 is 17.8 Å². The number of pyridine rings is 1. The summed E-state index contributed by atoms with van der Waals surface area (Å²) in [6, 6.07) is 10.6. The van der Waals surface area contributed by atoms with Gasteiger partial charge in [0.2, 0.25) is 0 Å². The summed E-state index contributed by atoms with van der Waals surface area (Å²) < 4.78 is 43.1. The van der Waals surface area contributed by atoms with Gasteiger partial charge in [-0.05, 0) is 25.1 Å². The highest BCUT2D eigenvalue weighted by molar-refractivity contribution is 6.33. The van der Waals surface area contributed by atoms with Crippen LogP contribution in [0.5, 0.6) is 0 Å². The van der Waals surface area contributed by atoms with E-state index in [0.29, 0.717) is 22.0 Å². The first-order valence-electron chi connectivity index (χ1n) is 7.79. The highest BCUT2D eigenvalue weighted by Gasteiger charge is 2.33. The van der Waals surface area contributed by atoms with Crippen LogP contribution in [0.15, 0.2) is 47.0 Å². The fraction of sp³-hybridized carbons (Fsp3) is 0.167. The Morgan fingerprint density at radius 1 is 1.22 bits per heavy atom. The molecule has 0 fully saturated rings. The highest BCUT2D eigenvalue weighted by atomic mass is 35.5. The average Bonchev–Trinajstić information content (AvgIpc) is 3.08. The molecule has 0 saturated carbocycles. The van der Waals surface area contributed by atoms with Gasteiger partial charge >= 0.3 is 6.18 Å². The van der Waals surface area contributed by atoms with Crippen molar-refractivity contribution in [1.29, 1.82) is 0 Å². The van der Waals surface area contributed by atoms with Gasteiger partial charge in [-0.1, -0.05) is 35.0 Å². The van der Waals surface area contributed by atoms with Crippen molar-refractivity contribution in [3.63, 3.8) is 0 Å². The second-order valence-electron chi connectivity index (χ2n) is 5.67. The van der Waals surface area contributed by atoms with E-state index >= 15 is 0 Å². The molecule has 140 valence electrons. The fourth-order valence-electron chi connectivity index (χ4n) is 2.41. The normalized spacial score (nSPS) is 11.4. The van der Waals surface area contributed by atoms with E-state index in [4.69, 9.17) is 16.1 Å². The summed E-state index contributed by atoms with van der Waals surface area (Å²) in [5, 5.41) is 6.98. The Morgan fingerprint density at radius 3 is 2.63 bits per heavy atom. The molecule has 1 aromatic carbocycles. The van der Waals surface area contributed by atoms with Crippen molar-refractivity contribution < 1.29 is 22.5 Å². The summed E-state index contributed by atoms with van der Waals surface area (Å²) in [7, 11) is 0. The first kappa shape index (κ1) is 18.9. The Labute approximate surface area is 157 Å². The topological polar surface area (TPSA) is 68.0 Å². The number of benzene rings is 1. The van der Waals surface area contributed by atoms with E-state index in [1.807, 2.05) is 0 Å². The molecule has 0 aliphatic carbocycles. The van der Waals surface area contributed by atoms with Gasteiger partial charge in [0.05, 0.1) is 22.8 Å². The van der Waals surface area contributed by atoms with Crippen LogP contribution in [0.4, 0.5) is 13.2 Å². The Balaban J connectivity index is 1.69. The van der Waals surface area contributed by atoms with Crippen molar-refractivity contribution in [2.24, 2.45) is 0 Å². The molecular formula is C18H13ClF3N3O2. The number of hydrogen-bond acceptors (Lipinski definition) is 4. The van der Waals surface area contributed by atoms with Gasteiger partial charge in [0.1, 0.15) is 11.4 Å². The summed E-state index contributed by atoms with van der Waals surface area (Å²) in [6.07, 6.45) is -4.56. The lowest BCUT2D eigenvalue weighted by Crippen LogP contribution is -2.24. The number of nitrogens with zero attached hydrogens (tertiary/aromatic N) is 2. The summed E-state index contributed by atoms with van der Waals surface area (Å²) in [6.45, 7) is 1.35. The predicted octanol–water partition coefficient (Wildman–Crippen LogP) is 4.65. The monoisotopic (exact) mass is 395 g/mol. The first-order valence-corrected chi connectivity index (χ1v) is 8.17. The van der Waals surface area contributed by atoms with E-state index in [1.54, 1.807) is 30.3 Å². The minimum atomic E-state index is -4.56. The van der Waals surface area contributed by atoms with E-state index in [1.165, 1.54) is 6.92 Å². The van der Waals surface area contributed by atoms with Crippen molar-refractivity contribution in [1.82, 2.24) is 15.5 Å². The van der Waals surface area contributed by atoms with Gasteiger partial charge in [-0.3, -0.25) is 4.79 Å². The number of aryl methyl sites for hydroxylation is 1. The molecule has 3 rings (SSSR count). The lowest BCUT2D eigenvalue weighted by Gasteiger charge is -2.09. The number of nitrogens with one attached hydrogen (secondary N) is 1. The van der Waals surface area contributed by atoms with Crippen molar-refractivity contribution in [2.45, 2.75) is 19.6 Å². The van der Waals surface area contributed by atoms with Crippen LogP contribution in [0.3, 0.4) is 0 Å². The molecule has 0 aliphatic heterocycles. The second-order valence-corrected chi connectivity index (χ2v) is 6.08. The quantitative estimate of drug-likeness (QED) is 0.698. The third kappa shape index (κ3) is 4.28. The first-order chi connectivity index (χ1) is 12.8. The van der Waals surface area contributed by atoms with Crippen LogP contribution in [0.1, 0.15) is 27.5 Å². The van der Waals surface area contributed by atoms with Gasteiger partial charge < -0.3 is 9.84 Å². The molecule has 0 saturated heterocycles. The third-order valence-corrected chi connectivity index (χ3v) is 4.08. The molecule has 9 heteroatoms. The maximum atomic E-state index is 12.6. The van der Waals surface area contributed by atoms with Crippen LogP contribution in [0.25, 0.3) is 11.3 Å². The molecule has 0 radical (unpaired) electrons. The minimum Gasteiger partial charge on any atom is -0.359 e. The zero-order valence-electron chi connectivity index (χ0n) is 14.0. The van der Waals surface area contributed by atoms with Crippen molar-refractivity contribution in [3.8, 4) is 11.3 Å². The van der Waals surface area contributed by atoms with Gasteiger partial charge in [-0.2, -0.15) is 13.2 Å². The van der Waals surface area contributed by atoms with Crippen molar-refractivity contribution in [3.05, 3.63) is 70.2 Å². The SMILES string of the molecule is Cc1nc(C(F)(F)F)ccc1C(=O)NCc1cc(-c2ccccc2Cl)no1. The van der Waals surface area contributed by atoms with Gasteiger partial charge in [-0.25, -0.2) is 4.98 Å². The van der Waals surface area contributed by atoms with E-state index in [2.05, 4.69) is 15.5 Å². The van der Waals surface area contributed by atoms with E-state index in [9.17, 15) is 18.0 Å². The zero-order valence-corrected chi connectivity index (χ0v) is 14.7. The molecule has 1 amide bonds. The largest absolute Gasteiger partial charge is 0.433 e. The average molecular weight is 396 g/mol. The predicted molar refractivity (Wildman–Crippen MR) is 92.1 cm³/mol. The number of rotatable bonds is 4. The Kier molecular flexibility index (Phi) is 5.18. The zero-order chi connectivity index (χ0) is 19.6. The molecule has 0 spiro atoms. The van der Waals surface area contributed by atoms with Crippen LogP contribution in [-0.4, -0.2) is 16.0 Å². The number of halogens is 4. The molecule has 27 heavy (non-hydrogen) atoms. The maximum Gasteiger partial charge on any atom is 0.433 e. The number of alkyl halides is 3. The number of carbonyl (C=O) groups excluding carboxylic acids is 1. The van der Waals surface area contributed by atoms with Crippen LogP contribution >= 0.6 is 11.6 Å². The van der Waals surface area contributed by atoms with Gasteiger partial charge in [-0.15, -0.1) is 0 Å². The molecule has 0 atom stereocenters. The van der Waals surface area contributed by atoms with Gasteiger partial charge in [0.25, 0.3) is 5.91 Å². The lowest BCUT2D eigenvalue weighted by molar-refractivity contribution is -0.141. The number of hydrogen-bond donors (Lipinski definition) is 1. The molecule has 1 N–H and O–H groups in total. The van der Waals surface area contributed by atoms with Gasteiger partial charge in [0, 0.05) is 11.6 Å². The molecule has 2 heterocycles. The lowest BCUT2D eigenvalue weighted by atomic mass is 10.1. The number of aromatic nitrogens is 2. The summed E-state index contributed by atoms with van der Waals surface area (Å²) >= 11 is 6.10. The van der Waals surface area contributed by atoms with Crippen LogP contribution in [0, 0.1) is 6.92 Å². The fourth-order valence-corrected chi connectivity index (χ4v) is 2.65. The molecule has 2 aromatic heterocycles. The number of amides is 1. The summed E-state index contributed by atoms with van der Waals surface area (Å²) in [4.78, 5) is 15.7. The maximum absolute atomic E-state index is 12.6. The molecule has 5 nitrogen and oxygen atoms in total.